The summed E-state index contributed by atoms with van der Waals surface area (Å²) in [5, 5.41) is 6.29. The normalized spacial score (nSPS) is 14.8. The molecule has 0 bridgehead atoms. The zero-order valence-electron chi connectivity index (χ0n) is 8.96. The molecular weight excluding hydrogens is 261 g/mol. The van der Waals surface area contributed by atoms with E-state index in [-0.39, 0.29) is 11.5 Å². The summed E-state index contributed by atoms with van der Waals surface area (Å²) >= 11 is 11.9. The summed E-state index contributed by atoms with van der Waals surface area (Å²) < 4.78 is 0. The van der Waals surface area contributed by atoms with Gasteiger partial charge in [0.1, 0.15) is 0 Å². The minimum atomic E-state index is -0.353. The van der Waals surface area contributed by atoms with Crippen molar-refractivity contribution in [2.75, 3.05) is 13.1 Å². The molecular formula is C11H11Cl2N3O. The summed E-state index contributed by atoms with van der Waals surface area (Å²) in [4.78, 5) is 16.1. The van der Waals surface area contributed by atoms with E-state index in [1.165, 1.54) is 0 Å². The SMILES string of the molecule is O=C(NC1=NCCCN1)c1c(Cl)cccc1Cl. The third-order valence-corrected chi connectivity index (χ3v) is 2.95. The third-order valence-electron chi connectivity index (χ3n) is 2.32. The molecule has 1 aliphatic rings. The van der Waals surface area contributed by atoms with E-state index in [0.717, 1.165) is 13.0 Å². The van der Waals surface area contributed by atoms with E-state index in [4.69, 9.17) is 23.2 Å². The van der Waals surface area contributed by atoms with E-state index >= 15 is 0 Å². The van der Waals surface area contributed by atoms with Crippen LogP contribution in [0.25, 0.3) is 0 Å². The summed E-state index contributed by atoms with van der Waals surface area (Å²) in [7, 11) is 0. The van der Waals surface area contributed by atoms with Crippen LogP contribution in [-0.4, -0.2) is 25.0 Å². The minimum absolute atomic E-state index is 0.269. The van der Waals surface area contributed by atoms with E-state index in [1.54, 1.807) is 18.2 Å². The fourth-order valence-electron chi connectivity index (χ4n) is 1.50. The Morgan fingerprint density at radius 2 is 2.06 bits per heavy atom. The molecule has 1 aliphatic heterocycles. The highest BCUT2D eigenvalue weighted by atomic mass is 35.5. The molecule has 4 nitrogen and oxygen atoms in total. The average Bonchev–Trinajstić information content (AvgIpc) is 2.30. The van der Waals surface area contributed by atoms with Gasteiger partial charge in [-0.1, -0.05) is 29.3 Å². The number of benzene rings is 1. The predicted octanol–water partition coefficient (Wildman–Crippen LogP) is 2.07. The largest absolute Gasteiger partial charge is 0.356 e. The van der Waals surface area contributed by atoms with Gasteiger partial charge in [0.05, 0.1) is 15.6 Å². The molecule has 0 fully saturated rings. The predicted molar refractivity (Wildman–Crippen MR) is 68.8 cm³/mol. The van der Waals surface area contributed by atoms with Crippen LogP contribution in [0.5, 0.6) is 0 Å². The summed E-state index contributed by atoms with van der Waals surface area (Å²) in [5.41, 5.74) is 0.269. The number of nitrogens with one attached hydrogen (secondary N) is 2. The van der Waals surface area contributed by atoms with Crippen LogP contribution >= 0.6 is 23.2 Å². The van der Waals surface area contributed by atoms with Gasteiger partial charge in [-0.15, -0.1) is 0 Å². The molecule has 90 valence electrons. The molecule has 1 amide bonds. The Hall–Kier alpha value is -1.26. The molecule has 17 heavy (non-hydrogen) atoms. The molecule has 0 aromatic heterocycles. The lowest BCUT2D eigenvalue weighted by atomic mass is 10.2. The quantitative estimate of drug-likeness (QED) is 0.822. The molecule has 0 saturated carbocycles. The second-order valence-electron chi connectivity index (χ2n) is 3.56. The number of rotatable bonds is 1. The van der Waals surface area contributed by atoms with Gasteiger partial charge in [-0.25, -0.2) is 0 Å². The number of hydrogen-bond acceptors (Lipinski definition) is 3. The van der Waals surface area contributed by atoms with E-state index in [2.05, 4.69) is 15.6 Å². The Labute approximate surface area is 109 Å². The van der Waals surface area contributed by atoms with Crippen molar-refractivity contribution in [3.05, 3.63) is 33.8 Å². The van der Waals surface area contributed by atoms with Crippen LogP contribution < -0.4 is 10.6 Å². The third kappa shape index (κ3) is 2.90. The summed E-state index contributed by atoms with van der Waals surface area (Å²) in [5.74, 6) is 0.117. The highest BCUT2D eigenvalue weighted by Gasteiger charge is 2.16. The van der Waals surface area contributed by atoms with Crippen LogP contribution in [-0.2, 0) is 0 Å². The molecule has 6 heteroatoms. The van der Waals surface area contributed by atoms with Crippen LogP contribution in [0.2, 0.25) is 10.0 Å². The first-order valence-corrected chi connectivity index (χ1v) is 5.98. The Bertz CT molecular complexity index is 454. The standard InChI is InChI=1S/C11H11Cl2N3O/c12-7-3-1-4-8(13)9(7)10(17)16-11-14-5-2-6-15-11/h1,3-4H,2,5-6H2,(H2,14,15,16,17). The van der Waals surface area contributed by atoms with Crippen molar-refractivity contribution < 1.29 is 4.79 Å². The number of carbonyl (C=O) groups excluding carboxylic acids is 1. The van der Waals surface area contributed by atoms with Crippen LogP contribution in [0.3, 0.4) is 0 Å². The lowest BCUT2D eigenvalue weighted by Crippen LogP contribution is -2.43. The smallest absolute Gasteiger partial charge is 0.260 e. The van der Waals surface area contributed by atoms with E-state index < -0.39 is 0 Å². The number of amides is 1. The molecule has 1 heterocycles. The molecule has 0 spiro atoms. The van der Waals surface area contributed by atoms with Crippen LogP contribution in [0, 0.1) is 0 Å². The number of carbonyl (C=O) groups is 1. The summed E-state index contributed by atoms with van der Waals surface area (Å²) in [6.07, 6.45) is 0.965. The van der Waals surface area contributed by atoms with Gasteiger partial charge in [-0.3, -0.25) is 15.1 Å². The maximum atomic E-state index is 12.0. The van der Waals surface area contributed by atoms with E-state index in [0.29, 0.717) is 22.5 Å². The Morgan fingerprint density at radius 3 is 2.65 bits per heavy atom. The maximum Gasteiger partial charge on any atom is 0.260 e. The van der Waals surface area contributed by atoms with E-state index in [1.807, 2.05) is 0 Å². The van der Waals surface area contributed by atoms with Gasteiger partial charge >= 0.3 is 0 Å². The van der Waals surface area contributed by atoms with Crippen LogP contribution in [0.1, 0.15) is 16.8 Å². The Balaban J connectivity index is 2.17. The second-order valence-corrected chi connectivity index (χ2v) is 4.38. The van der Waals surface area contributed by atoms with E-state index in [9.17, 15) is 4.79 Å². The second kappa shape index (κ2) is 5.38. The molecule has 1 aromatic rings. The van der Waals surface area contributed by atoms with Gasteiger partial charge in [0.25, 0.3) is 5.91 Å². The number of halogens is 2. The monoisotopic (exact) mass is 271 g/mol. The Kier molecular flexibility index (Phi) is 3.86. The van der Waals surface area contributed by atoms with Crippen molar-refractivity contribution in [1.29, 1.82) is 0 Å². The maximum absolute atomic E-state index is 12.0. The van der Waals surface area contributed by atoms with Gasteiger partial charge in [0, 0.05) is 13.1 Å². The fraction of sp³-hybridized carbons (Fsp3) is 0.273. The molecule has 2 N–H and O–H groups in total. The molecule has 0 aliphatic carbocycles. The number of guanidine groups is 1. The Morgan fingerprint density at radius 1 is 1.35 bits per heavy atom. The van der Waals surface area contributed by atoms with Crippen molar-refractivity contribution in [2.45, 2.75) is 6.42 Å². The van der Waals surface area contributed by atoms with Crippen molar-refractivity contribution in [2.24, 2.45) is 4.99 Å². The molecule has 0 saturated heterocycles. The molecule has 0 radical (unpaired) electrons. The van der Waals surface area contributed by atoms with Gasteiger partial charge in [-0.05, 0) is 18.6 Å². The molecule has 1 aromatic carbocycles. The average molecular weight is 272 g/mol. The number of nitrogens with zero attached hydrogens (tertiary/aromatic N) is 1. The zero-order chi connectivity index (χ0) is 12.3. The minimum Gasteiger partial charge on any atom is -0.356 e. The first-order valence-electron chi connectivity index (χ1n) is 5.22. The topological polar surface area (TPSA) is 53.5 Å². The molecule has 0 atom stereocenters. The van der Waals surface area contributed by atoms with Crippen LogP contribution in [0.15, 0.2) is 23.2 Å². The fourth-order valence-corrected chi connectivity index (χ4v) is 2.07. The van der Waals surface area contributed by atoms with Crippen molar-refractivity contribution >= 4 is 35.1 Å². The van der Waals surface area contributed by atoms with Crippen molar-refractivity contribution in [3.8, 4) is 0 Å². The number of hydrogen-bond donors (Lipinski definition) is 2. The van der Waals surface area contributed by atoms with Gasteiger partial charge in [0.15, 0.2) is 5.96 Å². The molecule has 2 rings (SSSR count). The lowest BCUT2D eigenvalue weighted by Gasteiger charge is -2.15. The van der Waals surface area contributed by atoms with Crippen molar-refractivity contribution in [1.82, 2.24) is 10.6 Å². The first kappa shape index (κ1) is 12.2. The van der Waals surface area contributed by atoms with Crippen LogP contribution in [0.4, 0.5) is 0 Å². The summed E-state index contributed by atoms with van der Waals surface area (Å²) in [6, 6.07) is 4.94. The summed E-state index contributed by atoms with van der Waals surface area (Å²) in [6.45, 7) is 1.51. The molecule has 0 unspecified atom stereocenters. The van der Waals surface area contributed by atoms with Crippen molar-refractivity contribution in [3.63, 3.8) is 0 Å². The highest BCUT2D eigenvalue weighted by molar-refractivity contribution is 6.40. The van der Waals surface area contributed by atoms with Gasteiger partial charge < -0.3 is 5.32 Å². The zero-order valence-corrected chi connectivity index (χ0v) is 10.5. The highest BCUT2D eigenvalue weighted by Crippen LogP contribution is 2.23. The number of aliphatic imine (C=N–C) groups is 1. The first-order chi connectivity index (χ1) is 8.18. The van der Waals surface area contributed by atoms with Gasteiger partial charge in [0.2, 0.25) is 0 Å². The lowest BCUT2D eigenvalue weighted by molar-refractivity contribution is 0.0976. The van der Waals surface area contributed by atoms with Gasteiger partial charge in [-0.2, -0.15) is 0 Å².